The summed E-state index contributed by atoms with van der Waals surface area (Å²) in [6, 6.07) is 4.05. The molecule has 1 aromatic heterocycles. The van der Waals surface area contributed by atoms with Crippen molar-refractivity contribution in [3.63, 3.8) is 0 Å². The maximum atomic E-state index is 13.1. The average molecular weight is 296 g/mol. The van der Waals surface area contributed by atoms with Gasteiger partial charge in [0.1, 0.15) is 12.4 Å². The molecule has 0 radical (unpaired) electrons. The summed E-state index contributed by atoms with van der Waals surface area (Å²) in [5, 5.41) is 14.2. The van der Waals surface area contributed by atoms with E-state index in [1.54, 1.807) is 0 Å². The summed E-state index contributed by atoms with van der Waals surface area (Å²) in [7, 11) is 0. The van der Waals surface area contributed by atoms with Crippen LogP contribution < -0.4 is 16.0 Å². The van der Waals surface area contributed by atoms with Gasteiger partial charge in [-0.25, -0.2) is 10.2 Å². The lowest BCUT2D eigenvalue weighted by atomic mass is 10.3. The van der Waals surface area contributed by atoms with E-state index >= 15 is 0 Å². The van der Waals surface area contributed by atoms with Gasteiger partial charge in [0.05, 0.1) is 4.92 Å². The number of rotatable bonds is 5. The summed E-state index contributed by atoms with van der Waals surface area (Å²) >= 11 is 0. The Bertz CT molecular complexity index is 687. The third kappa shape index (κ3) is 3.30. The molecule has 2 rings (SSSR count). The van der Waals surface area contributed by atoms with Crippen LogP contribution in [0.15, 0.2) is 28.8 Å². The molecule has 110 valence electrons. The first-order valence-corrected chi connectivity index (χ1v) is 5.54. The zero-order chi connectivity index (χ0) is 15.4. The van der Waals surface area contributed by atoms with Crippen molar-refractivity contribution in [2.24, 2.45) is 5.84 Å². The average Bonchev–Trinajstić information content (AvgIpc) is 2.93. The minimum Gasteiger partial charge on any atom is -0.478 e. The van der Waals surface area contributed by atoms with Gasteiger partial charge in [-0.2, -0.15) is 0 Å². The van der Waals surface area contributed by atoms with Gasteiger partial charge in [-0.05, 0) is 6.07 Å². The van der Waals surface area contributed by atoms with Gasteiger partial charge in [0.15, 0.2) is 17.2 Å². The van der Waals surface area contributed by atoms with Crippen molar-refractivity contribution in [1.82, 2.24) is 10.6 Å². The number of carbonyl (C=O) groups excluding carboxylic acids is 1. The number of halogens is 1. The molecule has 21 heavy (non-hydrogen) atoms. The number of hydrogen-bond donors (Lipinski definition) is 2. The Kier molecular flexibility index (Phi) is 4.09. The number of ether oxygens (including phenoxy) is 1. The molecule has 0 atom stereocenters. The fraction of sp³-hybridized carbons (Fsp3) is 0.0909. The summed E-state index contributed by atoms with van der Waals surface area (Å²) in [5.74, 6) is 3.43. The monoisotopic (exact) mass is 296 g/mol. The van der Waals surface area contributed by atoms with Gasteiger partial charge in [-0.15, -0.1) is 0 Å². The molecular weight excluding hydrogens is 287 g/mol. The van der Waals surface area contributed by atoms with Crippen LogP contribution in [0.2, 0.25) is 0 Å². The second-order valence-corrected chi connectivity index (χ2v) is 3.81. The number of nitrogens with one attached hydrogen (secondary N) is 1. The normalized spacial score (nSPS) is 10.2. The van der Waals surface area contributed by atoms with Crippen LogP contribution in [0.4, 0.5) is 10.1 Å². The number of nitrogens with two attached hydrogens (primary N) is 1. The van der Waals surface area contributed by atoms with E-state index in [9.17, 15) is 19.3 Å². The van der Waals surface area contributed by atoms with E-state index in [1.807, 2.05) is 5.43 Å². The van der Waals surface area contributed by atoms with E-state index < -0.39 is 22.3 Å². The molecule has 0 saturated heterocycles. The van der Waals surface area contributed by atoms with E-state index in [1.165, 1.54) is 6.07 Å². The number of nitrogens with zero attached hydrogens (tertiary/aromatic N) is 2. The van der Waals surface area contributed by atoms with Gasteiger partial charge in [-0.3, -0.25) is 20.3 Å². The minimum absolute atomic E-state index is 0.0789. The molecule has 2 aromatic rings. The van der Waals surface area contributed by atoms with Crippen LogP contribution >= 0.6 is 0 Å². The van der Waals surface area contributed by atoms with Crippen LogP contribution in [-0.2, 0) is 6.61 Å². The van der Waals surface area contributed by atoms with Gasteiger partial charge in [0.25, 0.3) is 5.91 Å². The van der Waals surface area contributed by atoms with E-state index in [-0.39, 0.29) is 23.8 Å². The molecular formula is C11H9FN4O5. The Balaban J connectivity index is 2.13. The lowest BCUT2D eigenvalue weighted by Gasteiger charge is -2.04. The number of carbonyl (C=O) groups is 1. The summed E-state index contributed by atoms with van der Waals surface area (Å²) in [4.78, 5) is 21.2. The Morgan fingerprint density at radius 2 is 2.29 bits per heavy atom. The molecule has 1 heterocycles. The maximum absolute atomic E-state index is 13.1. The lowest BCUT2D eigenvalue weighted by Crippen LogP contribution is -2.30. The molecule has 0 aliphatic heterocycles. The van der Waals surface area contributed by atoms with Crippen molar-refractivity contribution in [3.8, 4) is 5.75 Å². The van der Waals surface area contributed by atoms with Gasteiger partial charge in [-0.1, -0.05) is 5.16 Å². The Labute approximate surface area is 116 Å². The quantitative estimate of drug-likeness (QED) is 0.362. The van der Waals surface area contributed by atoms with Crippen LogP contribution in [0.25, 0.3) is 0 Å². The molecule has 0 unspecified atom stereocenters. The van der Waals surface area contributed by atoms with E-state index in [2.05, 4.69) is 5.16 Å². The second-order valence-electron chi connectivity index (χ2n) is 3.81. The summed E-state index contributed by atoms with van der Waals surface area (Å²) < 4.78 is 23.0. The number of hydrazine groups is 1. The van der Waals surface area contributed by atoms with Crippen LogP contribution in [0.3, 0.4) is 0 Å². The fourth-order valence-electron chi connectivity index (χ4n) is 1.47. The molecule has 1 aromatic carbocycles. The van der Waals surface area contributed by atoms with Crippen LogP contribution in [0, 0.1) is 15.9 Å². The molecule has 0 fully saturated rings. The number of amides is 1. The van der Waals surface area contributed by atoms with Crippen LogP contribution in [0.1, 0.15) is 16.2 Å². The van der Waals surface area contributed by atoms with Crippen LogP contribution in [0.5, 0.6) is 5.75 Å². The molecule has 0 aliphatic carbocycles. The standard InChI is InChI=1S/C11H9FN4O5/c12-6-1-2-9(16(18)19)10(3-6)20-5-7-4-8(15-21-7)11(17)14-13/h1-4H,5,13H2,(H,14,17). The maximum Gasteiger partial charge on any atom is 0.311 e. The summed E-state index contributed by atoms with van der Waals surface area (Å²) in [6.07, 6.45) is 0. The van der Waals surface area contributed by atoms with Crippen molar-refractivity contribution in [2.75, 3.05) is 0 Å². The Morgan fingerprint density at radius 3 is 2.95 bits per heavy atom. The lowest BCUT2D eigenvalue weighted by molar-refractivity contribution is -0.386. The molecule has 0 bridgehead atoms. The van der Waals surface area contributed by atoms with E-state index in [0.29, 0.717) is 0 Å². The van der Waals surface area contributed by atoms with E-state index in [0.717, 1.165) is 18.2 Å². The predicted molar refractivity (Wildman–Crippen MR) is 65.5 cm³/mol. The van der Waals surface area contributed by atoms with Gasteiger partial charge >= 0.3 is 5.69 Å². The van der Waals surface area contributed by atoms with Crippen molar-refractivity contribution >= 4 is 11.6 Å². The summed E-state index contributed by atoms with van der Waals surface area (Å²) in [6.45, 7) is -0.269. The Hall–Kier alpha value is -3.01. The molecule has 0 saturated carbocycles. The SMILES string of the molecule is NNC(=O)c1cc(COc2cc(F)ccc2[N+](=O)[O-])on1. The van der Waals surface area contributed by atoms with Crippen LogP contribution in [-0.4, -0.2) is 16.0 Å². The first-order chi connectivity index (χ1) is 10.0. The zero-order valence-corrected chi connectivity index (χ0v) is 10.4. The van der Waals surface area contributed by atoms with Gasteiger partial charge < -0.3 is 9.26 Å². The number of benzene rings is 1. The fourth-order valence-corrected chi connectivity index (χ4v) is 1.47. The molecule has 3 N–H and O–H groups in total. The molecule has 0 spiro atoms. The third-order valence-corrected chi connectivity index (χ3v) is 2.41. The highest BCUT2D eigenvalue weighted by Gasteiger charge is 2.17. The van der Waals surface area contributed by atoms with Crippen molar-refractivity contribution < 1.29 is 23.4 Å². The minimum atomic E-state index is -0.706. The molecule has 1 amide bonds. The largest absolute Gasteiger partial charge is 0.478 e. The Morgan fingerprint density at radius 1 is 1.52 bits per heavy atom. The number of aromatic nitrogens is 1. The molecule has 0 aliphatic rings. The smallest absolute Gasteiger partial charge is 0.311 e. The third-order valence-electron chi connectivity index (χ3n) is 2.41. The van der Waals surface area contributed by atoms with Crippen molar-refractivity contribution in [1.29, 1.82) is 0 Å². The van der Waals surface area contributed by atoms with Crippen molar-refractivity contribution in [3.05, 3.63) is 51.7 Å². The first-order valence-electron chi connectivity index (χ1n) is 5.54. The highest BCUT2D eigenvalue weighted by molar-refractivity contribution is 5.91. The topological polar surface area (TPSA) is 134 Å². The molecule has 10 heteroatoms. The van der Waals surface area contributed by atoms with Gasteiger partial charge in [0.2, 0.25) is 0 Å². The van der Waals surface area contributed by atoms with Crippen molar-refractivity contribution in [2.45, 2.75) is 6.61 Å². The highest BCUT2D eigenvalue weighted by Crippen LogP contribution is 2.28. The van der Waals surface area contributed by atoms with E-state index in [4.69, 9.17) is 15.1 Å². The number of nitrogen functional groups attached to an aromatic ring is 1. The number of hydrogen-bond acceptors (Lipinski definition) is 7. The predicted octanol–water partition coefficient (Wildman–Crippen LogP) is 0.904. The molecule has 9 nitrogen and oxygen atoms in total. The summed E-state index contributed by atoms with van der Waals surface area (Å²) in [5.41, 5.74) is 1.39. The van der Waals surface area contributed by atoms with Gasteiger partial charge in [0, 0.05) is 18.2 Å². The number of nitro benzene ring substituents is 1. The number of nitro groups is 1. The second kappa shape index (κ2) is 5.96. The highest BCUT2D eigenvalue weighted by atomic mass is 19.1. The first kappa shape index (κ1) is 14.4. The zero-order valence-electron chi connectivity index (χ0n) is 10.4.